The van der Waals surface area contributed by atoms with Gasteiger partial charge in [0.1, 0.15) is 0 Å². The number of nitrogens with one attached hydrogen (secondary N) is 1. The van der Waals surface area contributed by atoms with Gasteiger partial charge in [0.25, 0.3) is 0 Å². The van der Waals surface area contributed by atoms with E-state index in [9.17, 15) is 0 Å². The predicted octanol–water partition coefficient (Wildman–Crippen LogP) is 3.04. The molecule has 0 bridgehead atoms. The first kappa shape index (κ1) is 11.3. The van der Waals surface area contributed by atoms with Crippen LogP contribution in [0.15, 0.2) is 4.99 Å². The maximum atomic E-state index is 4.72. The van der Waals surface area contributed by atoms with Gasteiger partial charge in [-0.1, -0.05) is 32.5 Å². The molecular weight excluding hydrogens is 204 g/mol. The van der Waals surface area contributed by atoms with Crippen LogP contribution in [-0.2, 0) is 0 Å². The summed E-state index contributed by atoms with van der Waals surface area (Å²) in [6.07, 6.45) is 5.13. The van der Waals surface area contributed by atoms with Crippen LogP contribution in [0.5, 0.6) is 0 Å². The summed E-state index contributed by atoms with van der Waals surface area (Å²) < 4.78 is 0. The van der Waals surface area contributed by atoms with Crippen LogP contribution < -0.4 is 5.32 Å². The fourth-order valence-electron chi connectivity index (χ4n) is 1.86. The van der Waals surface area contributed by atoms with Gasteiger partial charge >= 0.3 is 0 Å². The highest BCUT2D eigenvalue weighted by molar-refractivity contribution is 8.14. The van der Waals surface area contributed by atoms with Gasteiger partial charge in [-0.05, 0) is 31.1 Å². The van der Waals surface area contributed by atoms with E-state index in [2.05, 4.69) is 26.1 Å². The average molecular weight is 226 g/mol. The number of nitrogens with zero attached hydrogens (tertiary/aromatic N) is 1. The van der Waals surface area contributed by atoms with Crippen LogP contribution in [0, 0.1) is 5.41 Å². The summed E-state index contributed by atoms with van der Waals surface area (Å²) >= 11 is 1.91. The second-order valence-corrected chi connectivity index (χ2v) is 6.30. The molecule has 1 saturated heterocycles. The molecule has 0 aromatic carbocycles. The summed E-state index contributed by atoms with van der Waals surface area (Å²) in [5, 5.41) is 4.80. The number of rotatable bonds is 4. The van der Waals surface area contributed by atoms with Gasteiger partial charge in [-0.15, -0.1) is 0 Å². The molecule has 1 N–H and O–H groups in total. The summed E-state index contributed by atoms with van der Waals surface area (Å²) in [5.74, 6) is 1.19. The van der Waals surface area contributed by atoms with Crippen molar-refractivity contribution in [2.75, 3.05) is 12.3 Å². The summed E-state index contributed by atoms with van der Waals surface area (Å²) in [6.45, 7) is 7.89. The van der Waals surface area contributed by atoms with Crippen molar-refractivity contribution < 1.29 is 0 Å². The van der Waals surface area contributed by atoms with Crippen molar-refractivity contribution in [2.24, 2.45) is 10.4 Å². The Kier molecular flexibility index (Phi) is 3.02. The van der Waals surface area contributed by atoms with E-state index in [-0.39, 0.29) is 0 Å². The lowest BCUT2D eigenvalue weighted by Gasteiger charge is -2.25. The molecule has 0 unspecified atom stereocenters. The lowest BCUT2D eigenvalue weighted by Crippen LogP contribution is -2.42. The first-order valence-electron chi connectivity index (χ1n) is 6.07. The van der Waals surface area contributed by atoms with E-state index < -0.39 is 0 Å². The number of amidine groups is 1. The van der Waals surface area contributed by atoms with Crippen molar-refractivity contribution in [3.05, 3.63) is 0 Å². The molecule has 2 rings (SSSR count). The molecular formula is C12H22N2S. The van der Waals surface area contributed by atoms with Gasteiger partial charge in [0, 0.05) is 17.8 Å². The Morgan fingerprint density at radius 3 is 2.47 bits per heavy atom. The van der Waals surface area contributed by atoms with Crippen LogP contribution in [0.2, 0.25) is 0 Å². The number of thioether (sulfide) groups is 1. The highest BCUT2D eigenvalue weighted by Crippen LogP contribution is 2.45. The van der Waals surface area contributed by atoms with E-state index in [1.165, 1.54) is 36.6 Å². The molecule has 0 aromatic rings. The molecule has 1 saturated carbocycles. The fourth-order valence-corrected chi connectivity index (χ4v) is 3.19. The first-order chi connectivity index (χ1) is 7.11. The number of hydrogen-bond acceptors (Lipinski definition) is 2. The van der Waals surface area contributed by atoms with Crippen LogP contribution >= 0.6 is 11.8 Å². The van der Waals surface area contributed by atoms with Crippen molar-refractivity contribution in [1.82, 2.24) is 5.32 Å². The number of hydrogen-bond donors (Lipinski definition) is 1. The minimum atomic E-state index is 0.327. The Morgan fingerprint density at radius 2 is 2.00 bits per heavy atom. The minimum Gasteiger partial charge on any atom is -0.359 e. The third-order valence-corrected chi connectivity index (χ3v) is 5.12. The molecule has 0 amide bonds. The topological polar surface area (TPSA) is 24.4 Å². The van der Waals surface area contributed by atoms with Crippen molar-refractivity contribution in [3.8, 4) is 0 Å². The van der Waals surface area contributed by atoms with E-state index in [1.54, 1.807) is 0 Å². The number of aliphatic imine (C=N–C) groups is 1. The van der Waals surface area contributed by atoms with Crippen molar-refractivity contribution in [3.63, 3.8) is 0 Å². The van der Waals surface area contributed by atoms with E-state index in [4.69, 9.17) is 4.99 Å². The van der Waals surface area contributed by atoms with E-state index in [0.717, 1.165) is 6.54 Å². The van der Waals surface area contributed by atoms with Crippen molar-refractivity contribution >= 4 is 16.9 Å². The van der Waals surface area contributed by atoms with E-state index in [1.807, 2.05) is 11.8 Å². The molecule has 1 heterocycles. The zero-order chi connectivity index (χ0) is 10.9. The van der Waals surface area contributed by atoms with Gasteiger partial charge in [-0.25, -0.2) is 0 Å². The zero-order valence-electron chi connectivity index (χ0n) is 10.1. The summed E-state index contributed by atoms with van der Waals surface area (Å²) in [4.78, 5) is 4.72. The molecule has 86 valence electrons. The SMILES string of the molecule is CCC1(CC)CSC(=NCC2(C)CC2)N1. The molecule has 2 aliphatic rings. The third kappa shape index (κ3) is 2.49. The minimum absolute atomic E-state index is 0.327. The van der Waals surface area contributed by atoms with Gasteiger partial charge in [0.15, 0.2) is 5.17 Å². The Morgan fingerprint density at radius 1 is 1.33 bits per heavy atom. The van der Waals surface area contributed by atoms with E-state index >= 15 is 0 Å². The standard InChI is InChI=1S/C12H22N2S/c1-4-12(5-2)9-15-10(14-12)13-8-11(3)6-7-11/h4-9H2,1-3H3,(H,13,14). The molecule has 1 aliphatic carbocycles. The second-order valence-electron chi connectivity index (χ2n) is 5.33. The van der Waals surface area contributed by atoms with Crippen LogP contribution in [0.25, 0.3) is 0 Å². The second kappa shape index (κ2) is 4.00. The monoisotopic (exact) mass is 226 g/mol. The smallest absolute Gasteiger partial charge is 0.157 e. The molecule has 3 heteroatoms. The molecule has 0 aromatic heterocycles. The molecule has 15 heavy (non-hydrogen) atoms. The van der Waals surface area contributed by atoms with Crippen molar-refractivity contribution in [1.29, 1.82) is 0 Å². The molecule has 2 fully saturated rings. The summed E-state index contributed by atoms with van der Waals surface area (Å²) in [6, 6.07) is 0. The predicted molar refractivity (Wildman–Crippen MR) is 68.5 cm³/mol. The Bertz CT molecular complexity index is 265. The van der Waals surface area contributed by atoms with Gasteiger partial charge in [0.05, 0.1) is 0 Å². The van der Waals surface area contributed by atoms with Gasteiger partial charge in [0.2, 0.25) is 0 Å². The van der Waals surface area contributed by atoms with Gasteiger partial charge in [-0.3, -0.25) is 4.99 Å². The van der Waals surface area contributed by atoms with E-state index in [0.29, 0.717) is 11.0 Å². The van der Waals surface area contributed by atoms with Crippen LogP contribution in [0.4, 0.5) is 0 Å². The lowest BCUT2D eigenvalue weighted by atomic mass is 9.96. The van der Waals surface area contributed by atoms with Crippen LogP contribution in [0.3, 0.4) is 0 Å². The van der Waals surface area contributed by atoms with Gasteiger partial charge in [-0.2, -0.15) is 0 Å². The maximum absolute atomic E-state index is 4.72. The fraction of sp³-hybridized carbons (Fsp3) is 0.917. The largest absolute Gasteiger partial charge is 0.359 e. The molecule has 1 aliphatic heterocycles. The highest BCUT2D eigenvalue weighted by atomic mass is 32.2. The lowest BCUT2D eigenvalue weighted by molar-refractivity contribution is 0.407. The first-order valence-corrected chi connectivity index (χ1v) is 7.05. The maximum Gasteiger partial charge on any atom is 0.157 e. The molecule has 0 radical (unpaired) electrons. The highest BCUT2D eigenvalue weighted by Gasteiger charge is 2.38. The molecule has 0 atom stereocenters. The summed E-state index contributed by atoms with van der Waals surface area (Å²) in [5.41, 5.74) is 0.868. The normalized spacial score (nSPS) is 29.1. The van der Waals surface area contributed by atoms with Crippen LogP contribution in [-0.4, -0.2) is 23.0 Å². The third-order valence-electron chi connectivity index (χ3n) is 3.92. The van der Waals surface area contributed by atoms with Gasteiger partial charge < -0.3 is 5.32 Å². The average Bonchev–Trinajstić information content (AvgIpc) is 2.84. The quantitative estimate of drug-likeness (QED) is 0.797. The van der Waals surface area contributed by atoms with Crippen molar-refractivity contribution in [2.45, 2.75) is 52.0 Å². The zero-order valence-corrected chi connectivity index (χ0v) is 10.9. The van der Waals surface area contributed by atoms with Crippen LogP contribution in [0.1, 0.15) is 46.5 Å². The Labute approximate surface area is 97.3 Å². The summed E-state index contributed by atoms with van der Waals surface area (Å²) in [7, 11) is 0. The Balaban J connectivity index is 1.91. The Hall–Kier alpha value is -0.180. The molecule has 2 nitrogen and oxygen atoms in total. The molecule has 0 spiro atoms.